The van der Waals surface area contributed by atoms with E-state index in [4.69, 9.17) is 13.8 Å². The third-order valence-corrected chi connectivity index (χ3v) is 13.8. The maximum Gasteiger partial charge on any atom is 0.472 e. The van der Waals surface area contributed by atoms with E-state index in [1.165, 1.54) is 154 Å². The summed E-state index contributed by atoms with van der Waals surface area (Å²) in [6.07, 6.45) is 57.1. The fourth-order valence-corrected chi connectivity index (χ4v) is 9.13. The monoisotopic (exact) mass is 980 g/mol. The molecule has 0 saturated heterocycles. The van der Waals surface area contributed by atoms with E-state index in [0.29, 0.717) is 23.9 Å². The first-order valence-corrected chi connectivity index (χ1v) is 30.3. The summed E-state index contributed by atoms with van der Waals surface area (Å²) < 4.78 is 30.6. The van der Waals surface area contributed by atoms with Gasteiger partial charge in [-0.05, 0) is 57.4 Å². The smallest absolute Gasteiger partial charge is 0.456 e. The molecule has 1 amide bonds. The van der Waals surface area contributed by atoms with Crippen molar-refractivity contribution in [1.82, 2.24) is 5.32 Å². The van der Waals surface area contributed by atoms with Crippen LogP contribution in [0.1, 0.15) is 271 Å². The Bertz CT molecular complexity index is 1270. The van der Waals surface area contributed by atoms with Crippen LogP contribution in [0.5, 0.6) is 0 Å². The van der Waals surface area contributed by atoms with Crippen LogP contribution in [0.4, 0.5) is 0 Å². The summed E-state index contributed by atoms with van der Waals surface area (Å²) in [6, 6.07) is -0.847. The minimum atomic E-state index is -4.44. The molecule has 0 saturated carbocycles. The lowest BCUT2D eigenvalue weighted by atomic mass is 10.0. The minimum Gasteiger partial charge on any atom is -0.456 e. The quantitative estimate of drug-likeness (QED) is 0.0205. The molecule has 0 aliphatic heterocycles. The van der Waals surface area contributed by atoms with E-state index in [-0.39, 0.29) is 25.1 Å². The van der Waals surface area contributed by atoms with Gasteiger partial charge in [-0.1, -0.05) is 237 Å². The highest BCUT2D eigenvalue weighted by atomic mass is 31.2. The highest BCUT2D eigenvalue weighted by molar-refractivity contribution is 7.47. The second-order valence-corrected chi connectivity index (χ2v) is 22.2. The molecule has 3 unspecified atom stereocenters. The Balaban J connectivity index is 5.28. The van der Waals surface area contributed by atoms with E-state index < -0.39 is 20.0 Å². The average molecular weight is 981 g/mol. The fourth-order valence-electron chi connectivity index (χ4n) is 8.39. The third-order valence-electron chi connectivity index (χ3n) is 12.8. The number of esters is 1. The molecule has 0 aliphatic rings. The largest absolute Gasteiger partial charge is 0.472 e. The van der Waals surface area contributed by atoms with Crippen molar-refractivity contribution in [3.63, 3.8) is 0 Å². The van der Waals surface area contributed by atoms with Crippen molar-refractivity contribution < 1.29 is 37.3 Å². The molecule has 0 aliphatic carbocycles. The standard InChI is InChI=1S/C58H111N2O7P/c1-7-10-13-16-19-22-25-27-29-30-31-33-36-39-42-45-48-51-58(62)67-56(49-46-43-40-37-34-24-21-18-15-12-9-3)55(54-66-68(63,64)65-53-52-60(4,5)6)59-57(61)50-47-44-41-38-35-32-28-26-23-20-17-14-11-8-2/h11,14,20,23,46,49,55-56H,7-10,12-13,15-19,21-22,24-45,47-48,50-54H2,1-6H3,(H-,59,61,63,64)/p+1/b14-11+,23-20+,49-46+. The number of allylic oxidation sites excluding steroid dienone is 5. The lowest BCUT2D eigenvalue weighted by molar-refractivity contribution is -0.870. The predicted octanol–water partition coefficient (Wildman–Crippen LogP) is 17.2. The number of unbranched alkanes of at least 4 members (excludes halogenated alkanes) is 32. The number of rotatable bonds is 52. The first-order valence-electron chi connectivity index (χ1n) is 28.8. The van der Waals surface area contributed by atoms with Crippen LogP contribution < -0.4 is 5.32 Å². The van der Waals surface area contributed by atoms with Crippen LogP contribution in [0.2, 0.25) is 0 Å². The van der Waals surface area contributed by atoms with Gasteiger partial charge >= 0.3 is 13.8 Å². The highest BCUT2D eigenvalue weighted by Crippen LogP contribution is 2.43. The predicted molar refractivity (Wildman–Crippen MR) is 291 cm³/mol. The molecule has 0 spiro atoms. The molecule has 0 aromatic heterocycles. The van der Waals surface area contributed by atoms with E-state index in [1.54, 1.807) is 0 Å². The van der Waals surface area contributed by atoms with Crippen molar-refractivity contribution in [2.45, 2.75) is 283 Å². The second-order valence-electron chi connectivity index (χ2n) is 20.8. The average Bonchev–Trinajstić information content (AvgIpc) is 3.29. The minimum absolute atomic E-state index is 0.0404. The molecule has 400 valence electrons. The molecule has 0 aromatic carbocycles. The summed E-state index contributed by atoms with van der Waals surface area (Å²) >= 11 is 0. The van der Waals surface area contributed by atoms with Crippen LogP contribution in [-0.2, 0) is 27.9 Å². The van der Waals surface area contributed by atoms with Gasteiger partial charge in [-0.3, -0.25) is 18.6 Å². The summed E-state index contributed by atoms with van der Waals surface area (Å²) in [4.78, 5) is 37.5. The SMILES string of the molecule is CC/C=C/C/C=C/CCCCCCCCCC(=O)NC(COP(=O)(O)OCC[N+](C)(C)C)C(/C=C/CCCCCCCCCCC)OC(=O)CCCCCCCCCCCCCCCCCCC. The zero-order chi connectivity index (χ0) is 50.1. The Morgan fingerprint density at radius 2 is 0.941 bits per heavy atom. The molecule has 0 radical (unpaired) electrons. The number of hydrogen-bond donors (Lipinski definition) is 2. The summed E-state index contributed by atoms with van der Waals surface area (Å²) in [7, 11) is 1.50. The summed E-state index contributed by atoms with van der Waals surface area (Å²) in [5, 5.41) is 3.04. The van der Waals surface area contributed by atoms with Gasteiger partial charge in [0.15, 0.2) is 0 Å². The Kier molecular flexibility index (Phi) is 47.6. The molecule has 2 N–H and O–H groups in total. The Morgan fingerprint density at radius 3 is 1.40 bits per heavy atom. The van der Waals surface area contributed by atoms with Gasteiger partial charge in [0, 0.05) is 12.8 Å². The number of nitrogens with one attached hydrogen (secondary N) is 1. The van der Waals surface area contributed by atoms with E-state index in [0.717, 1.165) is 83.5 Å². The van der Waals surface area contributed by atoms with Gasteiger partial charge in [0.25, 0.3) is 0 Å². The molecule has 0 fully saturated rings. The molecule has 0 rings (SSSR count). The van der Waals surface area contributed by atoms with Crippen LogP contribution in [0.3, 0.4) is 0 Å². The van der Waals surface area contributed by atoms with Gasteiger partial charge in [-0.2, -0.15) is 0 Å². The molecule has 0 heterocycles. The van der Waals surface area contributed by atoms with Crippen molar-refractivity contribution in [1.29, 1.82) is 0 Å². The molecule has 0 aromatic rings. The van der Waals surface area contributed by atoms with Gasteiger partial charge < -0.3 is 19.4 Å². The van der Waals surface area contributed by atoms with E-state index in [9.17, 15) is 19.0 Å². The number of phosphoric ester groups is 1. The number of quaternary nitrogens is 1. The summed E-state index contributed by atoms with van der Waals surface area (Å²) in [5.74, 6) is -0.506. The van der Waals surface area contributed by atoms with Gasteiger partial charge in [-0.15, -0.1) is 0 Å². The first kappa shape index (κ1) is 66.2. The number of nitrogens with zero attached hydrogens (tertiary/aromatic N) is 1. The van der Waals surface area contributed by atoms with Gasteiger partial charge in [0.1, 0.15) is 19.3 Å². The highest BCUT2D eigenvalue weighted by Gasteiger charge is 2.30. The first-order chi connectivity index (χ1) is 32.9. The van der Waals surface area contributed by atoms with Crippen LogP contribution in [0, 0.1) is 0 Å². The summed E-state index contributed by atoms with van der Waals surface area (Å²) in [5.41, 5.74) is 0. The topological polar surface area (TPSA) is 111 Å². The van der Waals surface area contributed by atoms with Crippen molar-refractivity contribution in [2.75, 3.05) is 40.9 Å². The molecule has 9 nitrogen and oxygen atoms in total. The van der Waals surface area contributed by atoms with Crippen molar-refractivity contribution in [3.8, 4) is 0 Å². The van der Waals surface area contributed by atoms with Crippen LogP contribution in [0.15, 0.2) is 36.5 Å². The maximum absolute atomic E-state index is 13.5. The molecule has 68 heavy (non-hydrogen) atoms. The van der Waals surface area contributed by atoms with Crippen molar-refractivity contribution in [2.24, 2.45) is 0 Å². The Morgan fingerprint density at radius 1 is 0.529 bits per heavy atom. The lowest BCUT2D eigenvalue weighted by Gasteiger charge is -2.27. The number of hydrogen-bond acceptors (Lipinski definition) is 6. The van der Waals surface area contributed by atoms with Crippen LogP contribution in [-0.4, -0.2) is 74.3 Å². The molecule has 10 heteroatoms. The van der Waals surface area contributed by atoms with Crippen LogP contribution in [0.25, 0.3) is 0 Å². The number of amides is 1. The number of phosphoric acid groups is 1. The van der Waals surface area contributed by atoms with Crippen molar-refractivity contribution in [3.05, 3.63) is 36.5 Å². The van der Waals surface area contributed by atoms with Crippen LogP contribution >= 0.6 is 7.82 Å². The van der Waals surface area contributed by atoms with E-state index in [1.807, 2.05) is 33.3 Å². The Labute approximate surface area is 421 Å². The summed E-state index contributed by atoms with van der Waals surface area (Å²) in [6.45, 7) is 6.91. The zero-order valence-electron chi connectivity index (χ0n) is 45.6. The number of ether oxygens (including phenoxy) is 1. The number of carbonyl (C=O) groups is 2. The van der Waals surface area contributed by atoms with Gasteiger partial charge in [0.2, 0.25) is 5.91 Å². The lowest BCUT2D eigenvalue weighted by Crippen LogP contribution is -2.47. The van der Waals surface area contributed by atoms with E-state index in [2.05, 4.69) is 50.4 Å². The normalized spacial score (nSPS) is 14.0. The molecule has 3 atom stereocenters. The van der Waals surface area contributed by atoms with Crippen molar-refractivity contribution >= 4 is 19.7 Å². The zero-order valence-corrected chi connectivity index (χ0v) is 46.5. The molecule has 0 bridgehead atoms. The fraction of sp³-hybridized carbons (Fsp3) is 0.862. The molecular weight excluding hydrogens is 868 g/mol. The Hall–Kier alpha value is -1.77. The number of likely N-dealkylation sites (N-methyl/N-ethyl adjacent to an activating group) is 1. The maximum atomic E-state index is 13.5. The van der Waals surface area contributed by atoms with Gasteiger partial charge in [0.05, 0.1) is 33.8 Å². The molecular formula is C58H112N2O7P+. The second kappa shape index (κ2) is 48.8. The number of carbonyl (C=O) groups excluding carboxylic acids is 2. The third kappa shape index (κ3) is 49.2. The van der Waals surface area contributed by atoms with E-state index >= 15 is 0 Å². The van der Waals surface area contributed by atoms with Gasteiger partial charge in [-0.25, -0.2) is 4.57 Å².